The van der Waals surface area contributed by atoms with Crippen molar-refractivity contribution in [3.05, 3.63) is 42.2 Å². The zero-order valence-corrected chi connectivity index (χ0v) is 12.0. The summed E-state index contributed by atoms with van der Waals surface area (Å²) in [6.45, 7) is 2.15. The van der Waals surface area contributed by atoms with E-state index in [0.717, 1.165) is 30.4 Å². The second-order valence-electron chi connectivity index (χ2n) is 4.42. The lowest BCUT2D eigenvalue weighted by molar-refractivity contribution is 0.252. The smallest absolute Gasteiger partial charge is 0.236 e. The molecule has 0 aliphatic carbocycles. The van der Waals surface area contributed by atoms with E-state index < -0.39 is 5.76 Å². The molecule has 2 aromatic rings. The fourth-order valence-electron chi connectivity index (χ4n) is 1.80. The van der Waals surface area contributed by atoms with E-state index in [9.17, 15) is 8.78 Å². The summed E-state index contributed by atoms with van der Waals surface area (Å²) in [5, 5.41) is 0. The van der Waals surface area contributed by atoms with Gasteiger partial charge in [-0.1, -0.05) is 37.2 Å². The predicted molar refractivity (Wildman–Crippen MR) is 77.9 cm³/mol. The third-order valence-corrected chi connectivity index (χ3v) is 3.58. The Morgan fingerprint density at radius 1 is 1.10 bits per heavy atom. The Kier molecular flexibility index (Phi) is 5.47. The number of benzene rings is 1. The van der Waals surface area contributed by atoms with Crippen molar-refractivity contribution < 1.29 is 8.78 Å². The van der Waals surface area contributed by atoms with E-state index in [1.54, 1.807) is 24.3 Å². The molecule has 20 heavy (non-hydrogen) atoms. The number of aromatic nitrogens is 2. The van der Waals surface area contributed by atoms with Gasteiger partial charge in [-0.15, -0.1) is 0 Å². The fourth-order valence-corrected chi connectivity index (χ4v) is 2.30. The largest absolute Gasteiger partial charge is 0.288 e. The molecule has 0 saturated heterocycles. The second kappa shape index (κ2) is 7.33. The first-order chi connectivity index (χ1) is 9.69. The number of nitrogens with zero attached hydrogens (tertiary/aromatic N) is 2. The van der Waals surface area contributed by atoms with Crippen LogP contribution >= 0.6 is 11.8 Å². The van der Waals surface area contributed by atoms with Crippen LogP contribution in [0.3, 0.4) is 0 Å². The monoisotopic (exact) mass is 294 g/mol. The topological polar surface area (TPSA) is 25.8 Å². The van der Waals surface area contributed by atoms with Gasteiger partial charge in [0.25, 0.3) is 5.76 Å². The van der Waals surface area contributed by atoms with Crippen LogP contribution in [0.25, 0.3) is 11.4 Å². The van der Waals surface area contributed by atoms with Gasteiger partial charge in [0.05, 0.1) is 0 Å². The Balaban J connectivity index is 2.07. The molecule has 1 aromatic heterocycles. The predicted octanol–water partition coefficient (Wildman–Crippen LogP) is 4.80. The van der Waals surface area contributed by atoms with Crippen LogP contribution in [0.5, 0.6) is 0 Å². The lowest BCUT2D eigenvalue weighted by Gasteiger charge is -2.04. The van der Waals surface area contributed by atoms with Crippen LogP contribution in [0.1, 0.15) is 25.3 Å². The van der Waals surface area contributed by atoms with Gasteiger partial charge in [-0.2, -0.15) is 8.78 Å². The minimum Gasteiger partial charge on any atom is -0.236 e. The van der Waals surface area contributed by atoms with Crippen LogP contribution < -0.4 is 0 Å². The van der Waals surface area contributed by atoms with Crippen molar-refractivity contribution in [2.75, 3.05) is 0 Å². The molecule has 0 N–H and O–H groups in total. The van der Waals surface area contributed by atoms with E-state index >= 15 is 0 Å². The Bertz CT molecular complexity index is 527. The molecule has 0 radical (unpaired) electrons. The average Bonchev–Trinajstić information content (AvgIpc) is 2.46. The normalized spacial score (nSPS) is 11.0. The molecule has 0 bridgehead atoms. The summed E-state index contributed by atoms with van der Waals surface area (Å²) >= 11 is 0.540. The van der Waals surface area contributed by atoms with Gasteiger partial charge >= 0.3 is 0 Å². The number of aryl methyl sites for hydroxylation is 1. The van der Waals surface area contributed by atoms with Gasteiger partial charge in [0, 0.05) is 22.9 Å². The summed E-state index contributed by atoms with van der Waals surface area (Å²) in [6.07, 6.45) is 6.92. The SMILES string of the molecule is CCCCc1cnc(-c2ccc(SC(F)F)cc2)nc1. The number of unbranched alkanes of at least 4 members (excludes halogenated alkanes) is 1. The molecular formula is C15H16F2N2S. The third-order valence-electron chi connectivity index (χ3n) is 2.86. The minimum absolute atomic E-state index is 0.540. The van der Waals surface area contributed by atoms with Crippen LogP contribution in [-0.2, 0) is 6.42 Å². The van der Waals surface area contributed by atoms with Gasteiger partial charge in [0.1, 0.15) is 0 Å². The van der Waals surface area contributed by atoms with Crippen molar-refractivity contribution >= 4 is 11.8 Å². The van der Waals surface area contributed by atoms with Crippen LogP contribution in [0.2, 0.25) is 0 Å². The van der Waals surface area contributed by atoms with Crippen LogP contribution in [0, 0.1) is 0 Å². The van der Waals surface area contributed by atoms with Crippen molar-refractivity contribution in [2.45, 2.75) is 36.8 Å². The Morgan fingerprint density at radius 3 is 2.30 bits per heavy atom. The molecule has 0 atom stereocenters. The van der Waals surface area contributed by atoms with Crippen molar-refractivity contribution in [1.82, 2.24) is 9.97 Å². The van der Waals surface area contributed by atoms with Crippen molar-refractivity contribution in [3.63, 3.8) is 0 Å². The summed E-state index contributed by atoms with van der Waals surface area (Å²) in [5.41, 5.74) is 1.96. The maximum absolute atomic E-state index is 12.2. The third kappa shape index (κ3) is 4.27. The minimum atomic E-state index is -2.39. The first-order valence-electron chi connectivity index (χ1n) is 6.55. The van der Waals surface area contributed by atoms with E-state index in [1.807, 2.05) is 12.4 Å². The number of thioether (sulfide) groups is 1. The highest BCUT2D eigenvalue weighted by Crippen LogP contribution is 2.26. The standard InChI is InChI=1S/C15H16F2N2S/c1-2-3-4-11-9-18-14(19-10-11)12-5-7-13(8-6-12)20-15(16)17/h5-10,15H,2-4H2,1H3. The van der Waals surface area contributed by atoms with Gasteiger partial charge in [0.2, 0.25) is 0 Å². The Labute approximate surface area is 121 Å². The van der Waals surface area contributed by atoms with Gasteiger partial charge in [0.15, 0.2) is 5.82 Å². The van der Waals surface area contributed by atoms with E-state index in [0.29, 0.717) is 22.5 Å². The highest BCUT2D eigenvalue weighted by Gasteiger charge is 2.06. The number of halogens is 2. The molecule has 0 fully saturated rings. The summed E-state index contributed by atoms with van der Waals surface area (Å²) in [4.78, 5) is 9.20. The molecule has 106 valence electrons. The van der Waals surface area contributed by atoms with E-state index in [4.69, 9.17) is 0 Å². The number of hydrogen-bond donors (Lipinski definition) is 0. The molecule has 1 aromatic carbocycles. The molecule has 0 aliphatic heterocycles. The van der Waals surface area contributed by atoms with Crippen LogP contribution in [0.15, 0.2) is 41.6 Å². The molecule has 0 amide bonds. The molecule has 0 aliphatic rings. The molecule has 0 unspecified atom stereocenters. The van der Waals surface area contributed by atoms with Gasteiger partial charge in [-0.3, -0.25) is 0 Å². The van der Waals surface area contributed by atoms with Gasteiger partial charge < -0.3 is 0 Å². The van der Waals surface area contributed by atoms with Crippen molar-refractivity contribution in [3.8, 4) is 11.4 Å². The van der Waals surface area contributed by atoms with Crippen LogP contribution in [-0.4, -0.2) is 15.7 Å². The van der Waals surface area contributed by atoms with Crippen molar-refractivity contribution in [2.24, 2.45) is 0 Å². The van der Waals surface area contributed by atoms with Crippen molar-refractivity contribution in [1.29, 1.82) is 0 Å². The Hall–Kier alpha value is -1.49. The second-order valence-corrected chi connectivity index (χ2v) is 5.48. The summed E-state index contributed by atoms with van der Waals surface area (Å²) in [5.74, 6) is -1.77. The quantitative estimate of drug-likeness (QED) is 0.716. The zero-order chi connectivity index (χ0) is 14.4. The first-order valence-corrected chi connectivity index (χ1v) is 7.43. The highest BCUT2D eigenvalue weighted by molar-refractivity contribution is 7.99. The Morgan fingerprint density at radius 2 is 1.75 bits per heavy atom. The van der Waals surface area contributed by atoms with E-state index in [-0.39, 0.29) is 0 Å². The summed E-state index contributed by atoms with van der Waals surface area (Å²) in [7, 11) is 0. The maximum atomic E-state index is 12.2. The summed E-state index contributed by atoms with van der Waals surface area (Å²) in [6, 6.07) is 6.87. The molecule has 2 rings (SSSR count). The zero-order valence-electron chi connectivity index (χ0n) is 11.2. The average molecular weight is 294 g/mol. The molecule has 2 nitrogen and oxygen atoms in total. The van der Waals surface area contributed by atoms with E-state index in [1.165, 1.54) is 0 Å². The van der Waals surface area contributed by atoms with E-state index in [2.05, 4.69) is 16.9 Å². The van der Waals surface area contributed by atoms with Gasteiger partial charge in [-0.25, -0.2) is 9.97 Å². The fraction of sp³-hybridized carbons (Fsp3) is 0.333. The van der Waals surface area contributed by atoms with Gasteiger partial charge in [-0.05, 0) is 30.5 Å². The lowest BCUT2D eigenvalue weighted by atomic mass is 10.1. The number of rotatable bonds is 6. The number of alkyl halides is 2. The maximum Gasteiger partial charge on any atom is 0.288 e. The molecule has 1 heterocycles. The molecule has 0 saturated carbocycles. The molecule has 5 heteroatoms. The number of hydrogen-bond acceptors (Lipinski definition) is 3. The summed E-state index contributed by atoms with van der Waals surface area (Å²) < 4.78 is 24.5. The highest BCUT2D eigenvalue weighted by atomic mass is 32.2. The first kappa shape index (κ1) is 14.9. The van der Waals surface area contributed by atoms with Crippen LogP contribution in [0.4, 0.5) is 8.78 Å². The molecular weight excluding hydrogens is 278 g/mol. The molecule has 0 spiro atoms. The lowest BCUT2D eigenvalue weighted by Crippen LogP contribution is -1.93.